The van der Waals surface area contributed by atoms with Crippen molar-refractivity contribution in [1.82, 2.24) is 35.4 Å². The lowest BCUT2D eigenvalue weighted by atomic mass is 10.1. The zero-order chi connectivity index (χ0) is 17.1. The van der Waals surface area contributed by atoms with Gasteiger partial charge in [0, 0.05) is 24.0 Å². The highest BCUT2D eigenvalue weighted by Crippen LogP contribution is 2.14. The number of aromatic nitrogens is 5. The Kier molecular flexibility index (Phi) is 4.23. The average Bonchev–Trinajstić information content (AvgIpc) is 3.23. The molecule has 24 heavy (non-hydrogen) atoms. The van der Waals surface area contributed by atoms with E-state index in [0.29, 0.717) is 17.9 Å². The molecule has 0 spiro atoms. The molecule has 3 aromatic heterocycles. The Labute approximate surface area is 137 Å². The molecule has 0 saturated carbocycles. The van der Waals surface area contributed by atoms with Gasteiger partial charge in [0.05, 0.1) is 0 Å². The van der Waals surface area contributed by atoms with E-state index in [0.717, 1.165) is 17.0 Å². The number of nitrogens with one attached hydrogen (secondary N) is 3. The van der Waals surface area contributed by atoms with E-state index in [9.17, 15) is 9.59 Å². The SMILES string of the molecule is Cc1nc2ncnn2c(C)c1CCC(=O)NNC(=O)c1ccc[nH]1. The standard InChI is InChI=1S/C15H17N7O2/c1-9-11(10(2)22-15(19-9)17-8-18-22)5-6-13(23)20-21-14(24)12-4-3-7-16-12/h3-4,7-8,16H,5-6H2,1-2H3,(H,20,23)(H,21,24). The third kappa shape index (κ3) is 3.09. The molecule has 0 aliphatic carbocycles. The molecule has 0 aliphatic rings. The molecular weight excluding hydrogens is 310 g/mol. The van der Waals surface area contributed by atoms with Gasteiger partial charge in [-0.15, -0.1) is 0 Å². The summed E-state index contributed by atoms with van der Waals surface area (Å²) in [5.74, 6) is -0.143. The molecule has 9 heteroatoms. The summed E-state index contributed by atoms with van der Waals surface area (Å²) in [4.78, 5) is 34.8. The minimum atomic E-state index is -0.397. The molecular formula is C15H17N7O2. The summed E-state index contributed by atoms with van der Waals surface area (Å²) in [5.41, 5.74) is 7.80. The summed E-state index contributed by atoms with van der Waals surface area (Å²) < 4.78 is 1.65. The molecule has 0 radical (unpaired) electrons. The smallest absolute Gasteiger partial charge is 0.286 e. The van der Waals surface area contributed by atoms with Crippen LogP contribution in [0.25, 0.3) is 5.78 Å². The molecule has 3 N–H and O–H groups in total. The molecule has 3 aromatic rings. The summed E-state index contributed by atoms with van der Waals surface area (Å²) in [6.07, 6.45) is 3.79. The van der Waals surface area contributed by atoms with Crippen LogP contribution in [0.15, 0.2) is 24.7 Å². The van der Waals surface area contributed by atoms with E-state index in [4.69, 9.17) is 0 Å². The van der Waals surface area contributed by atoms with Gasteiger partial charge in [-0.1, -0.05) is 0 Å². The minimum Gasteiger partial charge on any atom is -0.357 e. The summed E-state index contributed by atoms with van der Waals surface area (Å²) in [6.45, 7) is 3.79. The number of hydrazine groups is 1. The topological polar surface area (TPSA) is 117 Å². The number of aryl methyl sites for hydroxylation is 2. The molecule has 0 unspecified atom stereocenters. The summed E-state index contributed by atoms with van der Waals surface area (Å²) >= 11 is 0. The number of hydrogen-bond acceptors (Lipinski definition) is 5. The Morgan fingerprint density at radius 2 is 2.12 bits per heavy atom. The molecule has 0 saturated heterocycles. The second-order valence-corrected chi connectivity index (χ2v) is 5.32. The van der Waals surface area contributed by atoms with Crippen LogP contribution in [0.1, 0.15) is 33.9 Å². The van der Waals surface area contributed by atoms with E-state index in [1.54, 1.807) is 22.8 Å². The van der Waals surface area contributed by atoms with Crippen molar-refractivity contribution in [2.24, 2.45) is 0 Å². The Bertz CT molecular complexity index is 883. The van der Waals surface area contributed by atoms with E-state index in [2.05, 4.69) is 30.9 Å². The maximum absolute atomic E-state index is 11.9. The summed E-state index contributed by atoms with van der Waals surface area (Å²) in [6, 6.07) is 3.32. The molecule has 0 aliphatic heterocycles. The number of carbonyl (C=O) groups is 2. The van der Waals surface area contributed by atoms with Crippen LogP contribution in [0, 0.1) is 13.8 Å². The monoisotopic (exact) mass is 327 g/mol. The molecule has 9 nitrogen and oxygen atoms in total. The number of nitrogens with zero attached hydrogens (tertiary/aromatic N) is 4. The van der Waals surface area contributed by atoms with Crippen LogP contribution >= 0.6 is 0 Å². The van der Waals surface area contributed by atoms with E-state index in [1.165, 1.54) is 6.33 Å². The van der Waals surface area contributed by atoms with Gasteiger partial charge in [0.25, 0.3) is 11.7 Å². The fraction of sp³-hybridized carbons (Fsp3) is 0.267. The van der Waals surface area contributed by atoms with Crippen molar-refractivity contribution in [2.45, 2.75) is 26.7 Å². The molecule has 124 valence electrons. The van der Waals surface area contributed by atoms with Crippen LogP contribution < -0.4 is 10.9 Å². The van der Waals surface area contributed by atoms with Gasteiger partial charge < -0.3 is 4.98 Å². The molecule has 3 heterocycles. The second-order valence-electron chi connectivity index (χ2n) is 5.32. The molecule has 0 aromatic carbocycles. The van der Waals surface area contributed by atoms with Crippen molar-refractivity contribution in [3.63, 3.8) is 0 Å². The van der Waals surface area contributed by atoms with Gasteiger partial charge in [0.1, 0.15) is 12.0 Å². The Morgan fingerprint density at radius 3 is 2.88 bits per heavy atom. The van der Waals surface area contributed by atoms with E-state index in [1.807, 2.05) is 13.8 Å². The van der Waals surface area contributed by atoms with Crippen molar-refractivity contribution in [3.05, 3.63) is 47.3 Å². The zero-order valence-corrected chi connectivity index (χ0v) is 13.3. The minimum absolute atomic E-state index is 0.217. The van der Waals surface area contributed by atoms with Crippen molar-refractivity contribution >= 4 is 17.6 Å². The Balaban J connectivity index is 1.59. The predicted molar refractivity (Wildman–Crippen MR) is 85.0 cm³/mol. The summed E-state index contributed by atoms with van der Waals surface area (Å²) in [5, 5.41) is 4.12. The van der Waals surface area contributed by atoms with Gasteiger partial charge in [-0.25, -0.2) is 9.50 Å². The number of rotatable bonds is 4. The van der Waals surface area contributed by atoms with Gasteiger partial charge in [-0.3, -0.25) is 20.4 Å². The first-order valence-electron chi connectivity index (χ1n) is 7.44. The lowest BCUT2D eigenvalue weighted by Crippen LogP contribution is -2.41. The van der Waals surface area contributed by atoms with Crippen LogP contribution in [0.3, 0.4) is 0 Å². The fourth-order valence-electron chi connectivity index (χ4n) is 2.48. The Hall–Kier alpha value is -3.23. The molecule has 0 atom stereocenters. The number of carbonyl (C=O) groups excluding carboxylic acids is 2. The van der Waals surface area contributed by atoms with Gasteiger partial charge in [-0.2, -0.15) is 10.1 Å². The number of aromatic amines is 1. The van der Waals surface area contributed by atoms with Crippen LogP contribution in [-0.4, -0.2) is 36.4 Å². The van der Waals surface area contributed by atoms with E-state index >= 15 is 0 Å². The second kappa shape index (κ2) is 6.49. The zero-order valence-electron chi connectivity index (χ0n) is 13.3. The van der Waals surface area contributed by atoms with Crippen LogP contribution in [0.2, 0.25) is 0 Å². The first-order valence-corrected chi connectivity index (χ1v) is 7.44. The number of fused-ring (bicyclic) bond motifs is 1. The molecule has 2 amide bonds. The van der Waals surface area contributed by atoms with Gasteiger partial charge >= 0.3 is 0 Å². The van der Waals surface area contributed by atoms with Gasteiger partial charge in [0.2, 0.25) is 5.91 Å². The summed E-state index contributed by atoms with van der Waals surface area (Å²) in [7, 11) is 0. The van der Waals surface area contributed by atoms with Crippen LogP contribution in [-0.2, 0) is 11.2 Å². The van der Waals surface area contributed by atoms with Crippen LogP contribution in [0.4, 0.5) is 0 Å². The largest absolute Gasteiger partial charge is 0.357 e. The van der Waals surface area contributed by atoms with E-state index < -0.39 is 5.91 Å². The van der Waals surface area contributed by atoms with Gasteiger partial charge in [0.15, 0.2) is 0 Å². The number of hydrogen-bond donors (Lipinski definition) is 3. The van der Waals surface area contributed by atoms with E-state index in [-0.39, 0.29) is 12.3 Å². The highest BCUT2D eigenvalue weighted by Gasteiger charge is 2.13. The van der Waals surface area contributed by atoms with Crippen molar-refractivity contribution in [3.8, 4) is 0 Å². The maximum Gasteiger partial charge on any atom is 0.286 e. The highest BCUT2D eigenvalue weighted by atomic mass is 16.2. The maximum atomic E-state index is 11.9. The lowest BCUT2D eigenvalue weighted by Gasteiger charge is -2.10. The van der Waals surface area contributed by atoms with Crippen LogP contribution in [0.5, 0.6) is 0 Å². The Morgan fingerprint density at radius 1 is 1.29 bits per heavy atom. The van der Waals surface area contributed by atoms with Crippen molar-refractivity contribution in [1.29, 1.82) is 0 Å². The number of amides is 2. The van der Waals surface area contributed by atoms with Gasteiger partial charge in [-0.05, 0) is 38.0 Å². The number of H-pyrrole nitrogens is 1. The quantitative estimate of drug-likeness (QED) is 0.602. The molecule has 3 rings (SSSR count). The molecule has 0 fully saturated rings. The normalized spacial score (nSPS) is 10.8. The first-order chi connectivity index (χ1) is 11.6. The first kappa shape index (κ1) is 15.7. The molecule has 0 bridgehead atoms. The third-order valence-electron chi connectivity index (χ3n) is 3.75. The predicted octanol–water partition coefficient (Wildman–Crippen LogP) is 0.463. The third-order valence-corrected chi connectivity index (χ3v) is 3.75. The fourth-order valence-corrected chi connectivity index (χ4v) is 2.48. The average molecular weight is 327 g/mol. The van der Waals surface area contributed by atoms with Crippen molar-refractivity contribution < 1.29 is 9.59 Å². The lowest BCUT2D eigenvalue weighted by molar-refractivity contribution is -0.121. The van der Waals surface area contributed by atoms with Crippen molar-refractivity contribution in [2.75, 3.05) is 0 Å². The highest BCUT2D eigenvalue weighted by molar-refractivity contribution is 5.93.